The van der Waals surface area contributed by atoms with Crippen LogP contribution >= 0.6 is 22.6 Å². The Morgan fingerprint density at radius 2 is 1.86 bits per heavy atom. The first-order valence-corrected chi connectivity index (χ1v) is 9.58. The molecule has 0 aliphatic carbocycles. The van der Waals surface area contributed by atoms with E-state index in [4.69, 9.17) is 9.57 Å². The summed E-state index contributed by atoms with van der Waals surface area (Å²) in [5.74, 6) is -2.13. The van der Waals surface area contributed by atoms with E-state index >= 15 is 0 Å². The number of imide groups is 1. The molecule has 1 aliphatic rings. The number of hydrogen-bond acceptors (Lipinski definition) is 7. The second-order valence-corrected chi connectivity index (χ2v) is 8.34. The summed E-state index contributed by atoms with van der Waals surface area (Å²) in [4.78, 5) is 53.0. The maximum absolute atomic E-state index is 12.6. The molecule has 1 heterocycles. The number of hydroxylamine groups is 2. The molecular weight excluding hydrogens is 483 g/mol. The lowest BCUT2D eigenvalue weighted by atomic mass is 10.1. The van der Waals surface area contributed by atoms with Gasteiger partial charge in [-0.05, 0) is 61.1 Å². The minimum absolute atomic E-state index is 0.00454. The Hall–Kier alpha value is -2.37. The average Bonchev–Trinajstić information content (AvgIpc) is 2.87. The predicted molar refractivity (Wildman–Crippen MR) is 105 cm³/mol. The van der Waals surface area contributed by atoms with Crippen molar-refractivity contribution in [1.29, 1.82) is 0 Å². The molecule has 3 amide bonds. The molecule has 1 aliphatic heterocycles. The van der Waals surface area contributed by atoms with E-state index in [1.165, 1.54) is 6.07 Å². The Kier molecular flexibility index (Phi) is 6.86. The first-order valence-electron chi connectivity index (χ1n) is 8.51. The lowest BCUT2D eigenvalue weighted by Gasteiger charge is -2.24. The maximum Gasteiger partial charge on any atom is 0.408 e. The van der Waals surface area contributed by atoms with E-state index in [0.717, 1.165) is 0 Å². The zero-order valence-electron chi connectivity index (χ0n) is 15.7. The summed E-state index contributed by atoms with van der Waals surface area (Å²) < 4.78 is 5.72. The van der Waals surface area contributed by atoms with E-state index in [2.05, 4.69) is 5.32 Å². The van der Waals surface area contributed by atoms with Gasteiger partial charge in [0.2, 0.25) is 0 Å². The molecule has 1 saturated heterocycles. The Labute approximate surface area is 175 Å². The second kappa shape index (κ2) is 8.76. The highest BCUT2D eigenvalue weighted by atomic mass is 127. The SMILES string of the molecule is CC(C)(C)OC(=O)N[C@@H](Cc1ccc(O)c(I)c1)C(=O)ON1C(=O)CCC1=O. The van der Waals surface area contributed by atoms with Gasteiger partial charge < -0.3 is 20.0 Å². The summed E-state index contributed by atoms with van der Waals surface area (Å²) in [6.45, 7) is 5.01. The number of phenols is 1. The van der Waals surface area contributed by atoms with Crippen LogP contribution in [0, 0.1) is 3.57 Å². The van der Waals surface area contributed by atoms with E-state index in [9.17, 15) is 24.3 Å². The molecule has 0 saturated carbocycles. The lowest BCUT2D eigenvalue weighted by molar-refractivity contribution is -0.198. The zero-order chi connectivity index (χ0) is 21.1. The number of rotatable bonds is 5. The standard InChI is InChI=1S/C18H21IN2O7/c1-18(2,3)27-17(26)20-12(9-10-4-5-13(22)11(19)8-10)16(25)28-21-14(23)6-7-15(21)24/h4-5,8,12,22H,6-7,9H2,1-3H3,(H,20,26)/t12-/m0/s1. The van der Waals surface area contributed by atoms with Crippen LogP contribution in [0.5, 0.6) is 5.75 Å². The van der Waals surface area contributed by atoms with Crippen molar-refractivity contribution in [2.75, 3.05) is 0 Å². The van der Waals surface area contributed by atoms with Gasteiger partial charge in [-0.1, -0.05) is 6.07 Å². The van der Waals surface area contributed by atoms with Gasteiger partial charge in [-0.2, -0.15) is 0 Å². The molecule has 2 N–H and O–H groups in total. The zero-order valence-corrected chi connectivity index (χ0v) is 17.8. The number of benzene rings is 1. The number of phenolic OH excluding ortho intramolecular Hbond substituents is 1. The van der Waals surface area contributed by atoms with Gasteiger partial charge in [-0.3, -0.25) is 9.59 Å². The number of carbonyl (C=O) groups is 4. The molecule has 0 radical (unpaired) electrons. The van der Waals surface area contributed by atoms with Gasteiger partial charge in [0.05, 0.1) is 3.57 Å². The monoisotopic (exact) mass is 504 g/mol. The van der Waals surface area contributed by atoms with Crippen molar-refractivity contribution in [3.8, 4) is 5.75 Å². The minimum atomic E-state index is -1.21. The van der Waals surface area contributed by atoms with Crippen LogP contribution in [0.4, 0.5) is 4.79 Å². The number of aromatic hydroxyl groups is 1. The topological polar surface area (TPSA) is 122 Å². The molecule has 10 heteroatoms. The van der Waals surface area contributed by atoms with E-state index in [1.807, 2.05) is 22.6 Å². The third-order valence-corrected chi connectivity index (χ3v) is 4.48. The number of nitrogens with zero attached hydrogens (tertiary/aromatic N) is 1. The first kappa shape index (κ1) is 21.9. The van der Waals surface area contributed by atoms with Crippen molar-refractivity contribution in [2.45, 2.75) is 51.7 Å². The van der Waals surface area contributed by atoms with Crippen molar-refractivity contribution in [3.63, 3.8) is 0 Å². The molecule has 0 bridgehead atoms. The summed E-state index contributed by atoms with van der Waals surface area (Å²) in [7, 11) is 0. The van der Waals surface area contributed by atoms with Crippen LogP contribution in [-0.2, 0) is 30.4 Å². The van der Waals surface area contributed by atoms with Gasteiger partial charge in [0.15, 0.2) is 0 Å². The van der Waals surface area contributed by atoms with Gasteiger partial charge in [0, 0.05) is 19.3 Å². The number of amides is 3. The fourth-order valence-electron chi connectivity index (χ4n) is 2.37. The maximum atomic E-state index is 12.6. The Bertz CT molecular complexity index is 788. The Morgan fingerprint density at radius 1 is 1.25 bits per heavy atom. The highest BCUT2D eigenvalue weighted by Crippen LogP contribution is 2.21. The molecule has 28 heavy (non-hydrogen) atoms. The first-order chi connectivity index (χ1) is 13.0. The van der Waals surface area contributed by atoms with E-state index in [0.29, 0.717) is 14.2 Å². The summed E-state index contributed by atoms with van der Waals surface area (Å²) in [6, 6.07) is 3.47. The molecule has 1 fully saturated rings. The third kappa shape index (κ3) is 6.08. The molecule has 9 nitrogen and oxygen atoms in total. The molecule has 0 spiro atoms. The van der Waals surface area contributed by atoms with Crippen LogP contribution in [0.3, 0.4) is 0 Å². The van der Waals surface area contributed by atoms with E-state index in [-0.39, 0.29) is 25.0 Å². The van der Waals surface area contributed by atoms with Crippen LogP contribution < -0.4 is 5.32 Å². The summed E-state index contributed by atoms with van der Waals surface area (Å²) >= 11 is 1.93. The second-order valence-electron chi connectivity index (χ2n) is 7.18. The fourth-order valence-corrected chi connectivity index (χ4v) is 2.95. The Morgan fingerprint density at radius 3 is 2.39 bits per heavy atom. The number of carbonyl (C=O) groups excluding carboxylic acids is 4. The number of ether oxygens (including phenoxy) is 1. The quantitative estimate of drug-likeness (QED) is 0.465. The van der Waals surface area contributed by atoms with Crippen LogP contribution in [0.2, 0.25) is 0 Å². The number of alkyl carbamates (subject to hydrolysis) is 1. The number of halogens is 1. The van der Waals surface area contributed by atoms with Gasteiger partial charge in [-0.15, -0.1) is 5.06 Å². The number of hydrogen-bond donors (Lipinski definition) is 2. The smallest absolute Gasteiger partial charge is 0.408 e. The summed E-state index contributed by atoms with van der Waals surface area (Å²) in [5, 5.41) is 12.5. The lowest BCUT2D eigenvalue weighted by Crippen LogP contribution is -2.48. The predicted octanol–water partition coefficient (Wildman–Crippen LogP) is 2.04. The van der Waals surface area contributed by atoms with Crippen molar-refractivity contribution in [3.05, 3.63) is 27.3 Å². The largest absolute Gasteiger partial charge is 0.507 e. The summed E-state index contributed by atoms with van der Waals surface area (Å²) in [6.07, 6.45) is -0.911. The molecule has 1 aromatic rings. The highest BCUT2D eigenvalue weighted by molar-refractivity contribution is 14.1. The highest BCUT2D eigenvalue weighted by Gasteiger charge is 2.36. The minimum Gasteiger partial charge on any atom is -0.507 e. The molecule has 2 rings (SSSR count). The molecular formula is C18H21IN2O7. The third-order valence-electron chi connectivity index (χ3n) is 3.61. The van der Waals surface area contributed by atoms with Gasteiger partial charge >= 0.3 is 12.1 Å². The molecule has 0 unspecified atom stereocenters. The van der Waals surface area contributed by atoms with Crippen molar-refractivity contribution < 1.29 is 33.9 Å². The van der Waals surface area contributed by atoms with Crippen molar-refractivity contribution >= 4 is 46.5 Å². The van der Waals surface area contributed by atoms with E-state index < -0.39 is 35.5 Å². The Balaban J connectivity index is 2.17. The number of nitrogens with one attached hydrogen (secondary N) is 1. The van der Waals surface area contributed by atoms with E-state index in [1.54, 1.807) is 32.9 Å². The van der Waals surface area contributed by atoms with Crippen LogP contribution in [0.25, 0.3) is 0 Å². The molecule has 0 aromatic heterocycles. The van der Waals surface area contributed by atoms with Crippen LogP contribution in [-0.4, -0.2) is 45.7 Å². The molecule has 152 valence electrons. The molecule has 1 atom stereocenters. The molecule has 1 aromatic carbocycles. The van der Waals surface area contributed by atoms with Gasteiger partial charge in [0.25, 0.3) is 11.8 Å². The van der Waals surface area contributed by atoms with Gasteiger partial charge in [0.1, 0.15) is 17.4 Å². The van der Waals surface area contributed by atoms with Crippen LogP contribution in [0.1, 0.15) is 39.2 Å². The normalized spacial score (nSPS) is 15.4. The van der Waals surface area contributed by atoms with Gasteiger partial charge in [-0.25, -0.2) is 9.59 Å². The van der Waals surface area contributed by atoms with Crippen LogP contribution in [0.15, 0.2) is 18.2 Å². The summed E-state index contributed by atoms with van der Waals surface area (Å²) in [5.41, 5.74) is -0.160. The van der Waals surface area contributed by atoms with Crippen molar-refractivity contribution in [2.24, 2.45) is 0 Å². The average molecular weight is 504 g/mol. The fraction of sp³-hybridized carbons (Fsp3) is 0.444. The van der Waals surface area contributed by atoms with Crippen molar-refractivity contribution in [1.82, 2.24) is 10.4 Å².